The van der Waals surface area contributed by atoms with Crippen LogP contribution < -0.4 is 10.6 Å². The van der Waals surface area contributed by atoms with Crippen molar-refractivity contribution in [2.45, 2.75) is 31.3 Å². The van der Waals surface area contributed by atoms with Crippen molar-refractivity contribution >= 4 is 38.8 Å². The first-order chi connectivity index (χ1) is 8.91. The van der Waals surface area contributed by atoms with Gasteiger partial charge in [-0.1, -0.05) is 25.1 Å². The fourth-order valence-electron chi connectivity index (χ4n) is 2.69. The summed E-state index contributed by atoms with van der Waals surface area (Å²) in [5.41, 5.74) is 6.96. The van der Waals surface area contributed by atoms with Gasteiger partial charge in [0.1, 0.15) is 4.99 Å². The van der Waals surface area contributed by atoms with Crippen molar-refractivity contribution in [1.82, 2.24) is 0 Å². The lowest BCUT2D eigenvalue weighted by molar-refractivity contribution is 0.0559. The third-order valence-corrected chi connectivity index (χ3v) is 4.58. The fraction of sp³-hybridized carbons (Fsp3) is 0.500. The number of benzene rings is 1. The first kappa shape index (κ1) is 14.8. The highest BCUT2D eigenvalue weighted by molar-refractivity contribution is 9.10. The molecule has 0 heterocycles. The second-order valence-corrected chi connectivity index (χ2v) is 6.61. The molecule has 2 rings (SSSR count). The zero-order valence-corrected chi connectivity index (χ0v) is 13.4. The van der Waals surface area contributed by atoms with Crippen molar-refractivity contribution < 1.29 is 5.11 Å². The van der Waals surface area contributed by atoms with Crippen LogP contribution in [-0.4, -0.2) is 29.3 Å². The van der Waals surface area contributed by atoms with Gasteiger partial charge < -0.3 is 15.7 Å². The van der Waals surface area contributed by atoms with Crippen LogP contribution in [0.3, 0.4) is 0 Å². The van der Waals surface area contributed by atoms with Gasteiger partial charge in [0.05, 0.1) is 11.3 Å². The molecule has 0 radical (unpaired) electrons. The average molecular weight is 343 g/mol. The van der Waals surface area contributed by atoms with E-state index in [9.17, 15) is 5.11 Å². The first-order valence-corrected chi connectivity index (χ1v) is 7.64. The Balaban J connectivity index is 2.15. The van der Waals surface area contributed by atoms with Gasteiger partial charge in [0.15, 0.2) is 0 Å². The standard InChI is InChI=1S/C14H19BrN2OS/c1-17(9-14(18)6-2-3-7-14)12-5-4-10(13(16)19)8-11(12)15/h4-5,8,18H,2-3,6-7,9H2,1H3,(H2,16,19). The van der Waals surface area contributed by atoms with Gasteiger partial charge >= 0.3 is 0 Å². The molecule has 0 atom stereocenters. The maximum absolute atomic E-state index is 10.5. The van der Waals surface area contributed by atoms with E-state index in [1.807, 2.05) is 25.2 Å². The van der Waals surface area contributed by atoms with Gasteiger partial charge in [0, 0.05) is 23.6 Å². The van der Waals surface area contributed by atoms with Crippen LogP contribution in [0.15, 0.2) is 22.7 Å². The van der Waals surface area contributed by atoms with Crippen LogP contribution in [0.5, 0.6) is 0 Å². The van der Waals surface area contributed by atoms with Gasteiger partial charge in [-0.3, -0.25) is 0 Å². The lowest BCUT2D eigenvalue weighted by atomic mass is 10.0. The van der Waals surface area contributed by atoms with Crippen LogP contribution in [0.25, 0.3) is 0 Å². The van der Waals surface area contributed by atoms with Crippen molar-refractivity contribution in [3.05, 3.63) is 28.2 Å². The minimum Gasteiger partial charge on any atom is -0.389 e. The molecule has 1 saturated carbocycles. The molecule has 0 bridgehead atoms. The third-order valence-electron chi connectivity index (χ3n) is 3.71. The maximum atomic E-state index is 10.5. The van der Waals surface area contributed by atoms with Crippen LogP contribution >= 0.6 is 28.1 Å². The van der Waals surface area contributed by atoms with Crippen LogP contribution in [0.1, 0.15) is 31.2 Å². The molecular formula is C14H19BrN2OS. The van der Waals surface area contributed by atoms with Crippen molar-refractivity contribution in [3.63, 3.8) is 0 Å². The van der Waals surface area contributed by atoms with Gasteiger partial charge in [0.25, 0.3) is 0 Å². The summed E-state index contributed by atoms with van der Waals surface area (Å²) >= 11 is 8.51. The van der Waals surface area contributed by atoms with Gasteiger partial charge in [-0.15, -0.1) is 0 Å². The Kier molecular flexibility index (Phi) is 4.48. The molecule has 3 nitrogen and oxygen atoms in total. The van der Waals surface area contributed by atoms with E-state index in [1.165, 1.54) is 0 Å². The van der Waals surface area contributed by atoms with Gasteiger partial charge in [0.2, 0.25) is 0 Å². The molecule has 1 aromatic rings. The first-order valence-electron chi connectivity index (χ1n) is 6.44. The summed E-state index contributed by atoms with van der Waals surface area (Å²) in [6, 6.07) is 5.82. The van der Waals surface area contributed by atoms with Gasteiger partial charge in [-0.25, -0.2) is 0 Å². The number of halogens is 1. The number of rotatable bonds is 4. The van der Waals surface area contributed by atoms with Crippen molar-refractivity contribution in [2.24, 2.45) is 5.73 Å². The summed E-state index contributed by atoms with van der Waals surface area (Å²) in [6.45, 7) is 0.651. The van der Waals surface area contributed by atoms with E-state index in [0.29, 0.717) is 11.5 Å². The Hall–Kier alpha value is -0.650. The lowest BCUT2D eigenvalue weighted by Crippen LogP contribution is -2.39. The number of hydrogen-bond acceptors (Lipinski definition) is 3. The molecule has 0 aromatic heterocycles. The Morgan fingerprint density at radius 2 is 2.11 bits per heavy atom. The molecule has 0 amide bonds. The zero-order valence-electron chi connectivity index (χ0n) is 11.0. The normalized spacial score (nSPS) is 17.4. The summed E-state index contributed by atoms with van der Waals surface area (Å²) in [6.07, 6.45) is 4.01. The molecule has 0 saturated heterocycles. The molecule has 1 fully saturated rings. The van der Waals surface area contributed by atoms with Crippen molar-refractivity contribution in [2.75, 3.05) is 18.5 Å². The Labute approximate surface area is 127 Å². The molecule has 0 aliphatic heterocycles. The lowest BCUT2D eigenvalue weighted by Gasteiger charge is -2.30. The molecule has 1 aliphatic carbocycles. The fourth-order valence-corrected chi connectivity index (χ4v) is 3.50. The largest absolute Gasteiger partial charge is 0.389 e. The van der Waals surface area contributed by atoms with Crippen LogP contribution in [0, 0.1) is 0 Å². The number of nitrogens with zero attached hydrogens (tertiary/aromatic N) is 1. The molecule has 3 N–H and O–H groups in total. The minimum absolute atomic E-state index is 0.393. The summed E-state index contributed by atoms with van der Waals surface area (Å²) < 4.78 is 0.946. The summed E-state index contributed by atoms with van der Waals surface area (Å²) in [7, 11) is 2.00. The van der Waals surface area contributed by atoms with E-state index >= 15 is 0 Å². The maximum Gasteiger partial charge on any atom is 0.104 e. The Bertz CT molecular complexity index is 486. The molecule has 104 valence electrons. The van der Waals surface area contributed by atoms with E-state index in [1.54, 1.807) is 0 Å². The number of nitrogens with two attached hydrogens (primary N) is 1. The topological polar surface area (TPSA) is 49.5 Å². The summed E-state index contributed by atoms with van der Waals surface area (Å²) in [4.78, 5) is 2.47. The van der Waals surface area contributed by atoms with Crippen molar-refractivity contribution in [3.8, 4) is 0 Å². The van der Waals surface area contributed by atoms with Crippen LogP contribution in [-0.2, 0) is 0 Å². The quantitative estimate of drug-likeness (QED) is 0.826. The molecule has 0 unspecified atom stereocenters. The Morgan fingerprint density at radius 3 is 2.63 bits per heavy atom. The predicted octanol–water partition coefficient (Wildman–Crippen LogP) is 2.82. The highest BCUT2D eigenvalue weighted by Crippen LogP contribution is 2.33. The molecule has 0 spiro atoms. The highest BCUT2D eigenvalue weighted by Gasteiger charge is 2.32. The number of thiocarbonyl (C=S) groups is 1. The van der Waals surface area contributed by atoms with Gasteiger partial charge in [-0.05, 0) is 47.0 Å². The number of likely N-dealkylation sites (N-methyl/N-ethyl adjacent to an activating group) is 1. The van der Waals surface area contributed by atoms with E-state index in [-0.39, 0.29) is 0 Å². The number of hydrogen-bond donors (Lipinski definition) is 2. The van der Waals surface area contributed by atoms with E-state index < -0.39 is 5.60 Å². The predicted molar refractivity (Wildman–Crippen MR) is 86.7 cm³/mol. The molecule has 1 aromatic carbocycles. The summed E-state index contributed by atoms with van der Waals surface area (Å²) in [5.74, 6) is 0. The molecule has 19 heavy (non-hydrogen) atoms. The zero-order chi connectivity index (χ0) is 14.0. The molecule has 1 aliphatic rings. The Morgan fingerprint density at radius 1 is 1.47 bits per heavy atom. The average Bonchev–Trinajstić information content (AvgIpc) is 2.75. The SMILES string of the molecule is CN(CC1(O)CCCC1)c1ccc(C(N)=S)cc1Br. The highest BCUT2D eigenvalue weighted by atomic mass is 79.9. The van der Waals surface area contributed by atoms with Crippen LogP contribution in [0.4, 0.5) is 5.69 Å². The van der Waals surface area contributed by atoms with Crippen LogP contribution in [0.2, 0.25) is 0 Å². The molecular weight excluding hydrogens is 324 g/mol. The van der Waals surface area contributed by atoms with Crippen molar-refractivity contribution in [1.29, 1.82) is 0 Å². The monoisotopic (exact) mass is 342 g/mol. The summed E-state index contributed by atoms with van der Waals surface area (Å²) in [5, 5.41) is 10.5. The third kappa shape index (κ3) is 3.46. The van der Waals surface area contributed by atoms with E-state index in [2.05, 4.69) is 20.8 Å². The number of anilines is 1. The molecule has 5 heteroatoms. The minimum atomic E-state index is -0.546. The smallest absolute Gasteiger partial charge is 0.104 e. The second kappa shape index (κ2) is 5.77. The van der Waals surface area contributed by atoms with E-state index in [0.717, 1.165) is 41.4 Å². The van der Waals surface area contributed by atoms with Gasteiger partial charge in [-0.2, -0.15) is 0 Å². The van der Waals surface area contributed by atoms with E-state index in [4.69, 9.17) is 18.0 Å². The second-order valence-electron chi connectivity index (χ2n) is 5.32. The number of aliphatic hydroxyl groups is 1.